The Morgan fingerprint density at radius 3 is 2.48 bits per heavy atom. The van der Waals surface area contributed by atoms with Crippen LogP contribution in [0.2, 0.25) is 10.0 Å². The standard InChI is InChI=1S/C32H28Cl2F3N5OS/c33-22-9-14-27(26(34)18-22)42(41-16-2-1-3-17-41)31(43)30-25(19-38-23-10-11-23)29(39-40-30)28-15-13-24(44-28)12-6-20-4-7-21(8-5-20)32(35,36)37/h4-5,7-9,13-15,18,23,38H,1-3,10-11,16-17,19H2,(H,39,40). The fourth-order valence-electron chi connectivity index (χ4n) is 5.09. The minimum absolute atomic E-state index is 0.287. The van der Waals surface area contributed by atoms with Gasteiger partial charge in [-0.2, -0.15) is 18.3 Å². The summed E-state index contributed by atoms with van der Waals surface area (Å²) in [5, 5.41) is 15.7. The van der Waals surface area contributed by atoms with Crippen LogP contribution in [0.1, 0.15) is 64.2 Å². The highest BCUT2D eigenvalue weighted by molar-refractivity contribution is 7.16. The molecule has 0 bridgehead atoms. The largest absolute Gasteiger partial charge is 0.416 e. The van der Waals surface area contributed by atoms with E-state index in [1.54, 1.807) is 23.2 Å². The van der Waals surface area contributed by atoms with Gasteiger partial charge in [0.05, 0.1) is 31.7 Å². The topological polar surface area (TPSA) is 64.3 Å². The Bertz CT molecular complexity index is 1710. The summed E-state index contributed by atoms with van der Waals surface area (Å²) in [5.41, 5.74) is 2.08. The normalized spacial score (nSPS) is 15.6. The van der Waals surface area contributed by atoms with Crippen LogP contribution in [0, 0.1) is 11.8 Å². The molecule has 228 valence electrons. The highest BCUT2D eigenvalue weighted by Crippen LogP contribution is 2.36. The van der Waals surface area contributed by atoms with E-state index < -0.39 is 11.7 Å². The summed E-state index contributed by atoms with van der Waals surface area (Å²) >= 11 is 14.2. The molecule has 0 radical (unpaired) electrons. The summed E-state index contributed by atoms with van der Waals surface area (Å²) in [4.78, 5) is 15.9. The van der Waals surface area contributed by atoms with Gasteiger partial charge in [-0.3, -0.25) is 9.89 Å². The van der Waals surface area contributed by atoms with Crippen molar-refractivity contribution in [2.24, 2.45) is 0 Å². The fraction of sp³-hybridized carbons (Fsp3) is 0.312. The summed E-state index contributed by atoms with van der Waals surface area (Å²) in [5.74, 6) is 5.69. The molecule has 0 unspecified atom stereocenters. The fourth-order valence-corrected chi connectivity index (χ4v) is 6.46. The number of amides is 1. The van der Waals surface area contributed by atoms with Crippen molar-refractivity contribution in [1.82, 2.24) is 20.5 Å². The second-order valence-electron chi connectivity index (χ2n) is 10.8. The van der Waals surface area contributed by atoms with Crippen LogP contribution < -0.4 is 10.3 Å². The smallest absolute Gasteiger partial charge is 0.310 e. The maximum Gasteiger partial charge on any atom is 0.416 e. The number of thiophene rings is 1. The van der Waals surface area contributed by atoms with Crippen molar-refractivity contribution in [3.8, 4) is 22.4 Å². The Balaban J connectivity index is 1.32. The lowest BCUT2D eigenvalue weighted by Crippen LogP contribution is -2.49. The molecule has 1 amide bonds. The number of aromatic nitrogens is 2. The maximum atomic E-state index is 14.4. The van der Waals surface area contributed by atoms with Crippen LogP contribution in [0.15, 0.2) is 54.6 Å². The molecule has 44 heavy (non-hydrogen) atoms. The van der Waals surface area contributed by atoms with Crippen LogP contribution in [0.5, 0.6) is 0 Å². The third-order valence-corrected chi connectivity index (χ3v) is 9.11. The molecule has 0 spiro atoms. The van der Waals surface area contributed by atoms with Crippen molar-refractivity contribution in [1.29, 1.82) is 0 Å². The first kappa shape index (κ1) is 30.7. The molecule has 2 aromatic carbocycles. The molecule has 1 aliphatic carbocycles. The van der Waals surface area contributed by atoms with Crippen molar-refractivity contribution in [3.63, 3.8) is 0 Å². The summed E-state index contributed by atoms with van der Waals surface area (Å²) in [6.07, 6.45) is 0.791. The van der Waals surface area contributed by atoms with Crippen molar-refractivity contribution in [3.05, 3.63) is 91.9 Å². The zero-order chi connectivity index (χ0) is 30.8. The number of hydrogen-bond acceptors (Lipinski definition) is 5. The first-order chi connectivity index (χ1) is 21.2. The molecule has 3 heterocycles. The van der Waals surface area contributed by atoms with E-state index in [1.165, 1.54) is 23.5 Å². The molecule has 2 aliphatic rings. The van der Waals surface area contributed by atoms with Gasteiger partial charge in [-0.25, -0.2) is 10.0 Å². The molecular formula is C32H28Cl2F3N5OS. The summed E-state index contributed by atoms with van der Waals surface area (Å²) < 4.78 is 38.7. The number of aromatic amines is 1. The van der Waals surface area contributed by atoms with Gasteiger partial charge in [0.1, 0.15) is 0 Å². The second kappa shape index (κ2) is 13.0. The first-order valence-corrected chi connectivity index (χ1v) is 15.9. The molecule has 1 saturated heterocycles. The lowest BCUT2D eigenvalue weighted by Gasteiger charge is -2.37. The van der Waals surface area contributed by atoms with Crippen LogP contribution in [-0.2, 0) is 12.7 Å². The van der Waals surface area contributed by atoms with Gasteiger partial charge in [-0.05, 0) is 80.3 Å². The first-order valence-electron chi connectivity index (χ1n) is 14.3. The molecule has 1 saturated carbocycles. The number of piperidine rings is 1. The Labute approximate surface area is 267 Å². The number of anilines is 1. The maximum absolute atomic E-state index is 14.4. The van der Waals surface area contributed by atoms with Gasteiger partial charge in [0.15, 0.2) is 5.69 Å². The number of nitrogens with zero attached hydrogens (tertiary/aromatic N) is 3. The third kappa shape index (κ3) is 6.98. The molecule has 1 aliphatic heterocycles. The van der Waals surface area contributed by atoms with E-state index in [2.05, 4.69) is 27.4 Å². The molecule has 6 nitrogen and oxygen atoms in total. The van der Waals surface area contributed by atoms with E-state index in [-0.39, 0.29) is 5.91 Å². The summed E-state index contributed by atoms with van der Waals surface area (Å²) in [6, 6.07) is 14.0. The number of hydrazine groups is 1. The minimum atomic E-state index is -4.39. The SMILES string of the molecule is O=C(c1n[nH]c(-c2ccc(C#Cc3ccc(C(F)(F)F)cc3)s2)c1CNC1CC1)N(c1ccc(Cl)cc1Cl)N1CCCCC1. The Morgan fingerprint density at radius 1 is 1.05 bits per heavy atom. The molecule has 2 aromatic heterocycles. The average molecular weight is 659 g/mol. The number of carbonyl (C=O) groups is 1. The van der Waals surface area contributed by atoms with E-state index >= 15 is 0 Å². The number of halogens is 5. The van der Waals surface area contributed by atoms with Crippen LogP contribution in [0.3, 0.4) is 0 Å². The van der Waals surface area contributed by atoms with Gasteiger partial charge in [-0.15, -0.1) is 11.3 Å². The third-order valence-electron chi connectivity index (χ3n) is 7.55. The predicted molar refractivity (Wildman–Crippen MR) is 168 cm³/mol. The predicted octanol–water partition coefficient (Wildman–Crippen LogP) is 8.16. The second-order valence-corrected chi connectivity index (χ2v) is 12.7. The Kier molecular flexibility index (Phi) is 9.03. The zero-order valence-electron chi connectivity index (χ0n) is 23.5. The molecule has 12 heteroatoms. The van der Waals surface area contributed by atoms with Gasteiger partial charge in [0, 0.05) is 41.8 Å². The average Bonchev–Trinajstić information content (AvgIpc) is 3.55. The van der Waals surface area contributed by atoms with Crippen molar-refractivity contribution >= 4 is 46.1 Å². The van der Waals surface area contributed by atoms with Crippen LogP contribution in [-0.4, -0.2) is 40.2 Å². The molecule has 0 atom stereocenters. The van der Waals surface area contributed by atoms with Crippen LogP contribution in [0.25, 0.3) is 10.6 Å². The van der Waals surface area contributed by atoms with E-state index in [9.17, 15) is 18.0 Å². The molecule has 2 fully saturated rings. The number of hydrogen-bond donors (Lipinski definition) is 2. The number of benzene rings is 2. The molecule has 4 aromatic rings. The number of nitrogens with one attached hydrogen (secondary N) is 2. The number of H-pyrrole nitrogens is 1. The highest BCUT2D eigenvalue weighted by atomic mass is 35.5. The van der Waals surface area contributed by atoms with Gasteiger partial charge in [-0.1, -0.05) is 41.5 Å². The van der Waals surface area contributed by atoms with Crippen LogP contribution in [0.4, 0.5) is 18.9 Å². The van der Waals surface area contributed by atoms with E-state index in [1.807, 2.05) is 17.1 Å². The van der Waals surface area contributed by atoms with Crippen molar-refractivity contribution in [2.45, 2.75) is 50.9 Å². The van der Waals surface area contributed by atoms with Gasteiger partial charge >= 0.3 is 6.18 Å². The quantitative estimate of drug-likeness (QED) is 0.197. The Hall–Kier alpha value is -3.33. The van der Waals surface area contributed by atoms with Crippen LogP contribution >= 0.6 is 34.5 Å². The molecule has 2 N–H and O–H groups in total. The minimum Gasteiger partial charge on any atom is -0.310 e. The number of rotatable bonds is 7. The lowest BCUT2D eigenvalue weighted by atomic mass is 10.1. The van der Waals surface area contributed by atoms with E-state index in [4.69, 9.17) is 23.2 Å². The monoisotopic (exact) mass is 657 g/mol. The Morgan fingerprint density at radius 2 is 1.80 bits per heavy atom. The van der Waals surface area contributed by atoms with Gasteiger partial charge in [0.2, 0.25) is 0 Å². The zero-order valence-corrected chi connectivity index (χ0v) is 25.8. The van der Waals surface area contributed by atoms with E-state index in [0.717, 1.165) is 65.2 Å². The lowest BCUT2D eigenvalue weighted by molar-refractivity contribution is -0.137. The number of alkyl halides is 3. The van der Waals surface area contributed by atoms with Crippen molar-refractivity contribution in [2.75, 3.05) is 18.1 Å². The highest BCUT2D eigenvalue weighted by Gasteiger charge is 2.33. The summed E-state index contributed by atoms with van der Waals surface area (Å²) in [6.45, 7) is 1.87. The number of carbonyl (C=O) groups excluding carboxylic acids is 1. The van der Waals surface area contributed by atoms with Crippen molar-refractivity contribution < 1.29 is 18.0 Å². The summed E-state index contributed by atoms with van der Waals surface area (Å²) in [7, 11) is 0. The van der Waals surface area contributed by atoms with Gasteiger partial charge in [0.25, 0.3) is 5.91 Å². The molecule has 6 rings (SSSR count). The molecular weight excluding hydrogens is 630 g/mol. The van der Waals surface area contributed by atoms with E-state index in [0.29, 0.717) is 52.7 Å². The van der Waals surface area contributed by atoms with Gasteiger partial charge < -0.3 is 5.32 Å².